The largest absolute Gasteiger partial charge is 0.362 e. The molecule has 0 fully saturated rings. The van der Waals surface area contributed by atoms with Gasteiger partial charge in [-0.3, -0.25) is 4.90 Å². The van der Waals surface area contributed by atoms with Gasteiger partial charge in [0.05, 0.1) is 0 Å². The van der Waals surface area contributed by atoms with Crippen molar-refractivity contribution in [3.63, 3.8) is 0 Å². The minimum Gasteiger partial charge on any atom is -0.362 e. The van der Waals surface area contributed by atoms with E-state index in [2.05, 4.69) is 60.4 Å². The summed E-state index contributed by atoms with van der Waals surface area (Å²) in [6, 6.07) is 8.68. The van der Waals surface area contributed by atoms with E-state index in [9.17, 15) is 0 Å². The highest BCUT2D eigenvalue weighted by Gasteiger charge is 2.05. The quantitative estimate of drug-likeness (QED) is 0.874. The summed E-state index contributed by atoms with van der Waals surface area (Å²) >= 11 is 1.74. The molecule has 102 valence electrons. The van der Waals surface area contributed by atoms with Crippen molar-refractivity contribution in [2.24, 2.45) is 0 Å². The maximum atomic E-state index is 4.36. The van der Waals surface area contributed by atoms with Gasteiger partial charge in [0, 0.05) is 30.7 Å². The topological polar surface area (TPSA) is 28.2 Å². The number of nitrogens with zero attached hydrogens (tertiary/aromatic N) is 2. The fourth-order valence-corrected chi connectivity index (χ4v) is 3.02. The first-order valence-corrected chi connectivity index (χ1v) is 7.41. The van der Waals surface area contributed by atoms with Crippen molar-refractivity contribution in [1.82, 2.24) is 9.88 Å². The second kappa shape index (κ2) is 6.68. The molecule has 1 aromatic carbocycles. The SMILES string of the molecule is CCNc1ncc(CN(C)Cc2cccc(C)c2)s1. The lowest BCUT2D eigenvalue weighted by atomic mass is 10.1. The third kappa shape index (κ3) is 4.33. The first kappa shape index (κ1) is 14.0. The Labute approximate surface area is 119 Å². The van der Waals surface area contributed by atoms with Crippen molar-refractivity contribution in [3.8, 4) is 0 Å². The van der Waals surface area contributed by atoms with Gasteiger partial charge in [-0.25, -0.2) is 4.98 Å². The Morgan fingerprint density at radius 3 is 2.89 bits per heavy atom. The van der Waals surface area contributed by atoms with Crippen LogP contribution in [-0.2, 0) is 13.1 Å². The van der Waals surface area contributed by atoms with Gasteiger partial charge in [-0.1, -0.05) is 29.8 Å². The average Bonchev–Trinajstić information content (AvgIpc) is 2.77. The van der Waals surface area contributed by atoms with Crippen molar-refractivity contribution in [3.05, 3.63) is 46.5 Å². The highest BCUT2D eigenvalue weighted by Crippen LogP contribution is 2.19. The predicted molar refractivity (Wildman–Crippen MR) is 82.6 cm³/mol. The van der Waals surface area contributed by atoms with E-state index in [1.54, 1.807) is 11.3 Å². The summed E-state index contributed by atoms with van der Waals surface area (Å²) in [6.45, 7) is 7.06. The highest BCUT2D eigenvalue weighted by molar-refractivity contribution is 7.15. The van der Waals surface area contributed by atoms with Crippen molar-refractivity contribution >= 4 is 16.5 Å². The Bertz CT molecular complexity index is 522. The standard InChI is InChI=1S/C15H21N3S/c1-4-16-15-17-9-14(19-15)11-18(3)10-13-7-5-6-12(2)8-13/h5-9H,4,10-11H2,1-3H3,(H,16,17). The van der Waals surface area contributed by atoms with E-state index in [-0.39, 0.29) is 0 Å². The number of anilines is 1. The van der Waals surface area contributed by atoms with Gasteiger partial charge in [0.25, 0.3) is 0 Å². The number of nitrogens with one attached hydrogen (secondary N) is 1. The molecule has 19 heavy (non-hydrogen) atoms. The van der Waals surface area contributed by atoms with Gasteiger partial charge in [-0.15, -0.1) is 11.3 Å². The van der Waals surface area contributed by atoms with E-state index in [1.165, 1.54) is 16.0 Å². The molecule has 0 aliphatic rings. The molecule has 0 amide bonds. The van der Waals surface area contributed by atoms with Crippen molar-refractivity contribution in [1.29, 1.82) is 0 Å². The molecule has 1 N–H and O–H groups in total. The van der Waals surface area contributed by atoms with Crippen LogP contribution < -0.4 is 5.32 Å². The Kier molecular flexibility index (Phi) is 4.93. The third-order valence-corrected chi connectivity index (χ3v) is 3.78. The lowest BCUT2D eigenvalue weighted by Gasteiger charge is -2.15. The van der Waals surface area contributed by atoms with E-state index >= 15 is 0 Å². The van der Waals surface area contributed by atoms with E-state index in [0.717, 1.165) is 24.8 Å². The molecule has 0 saturated carbocycles. The molecule has 0 bridgehead atoms. The number of aryl methyl sites for hydroxylation is 1. The van der Waals surface area contributed by atoms with Crippen LogP contribution >= 0.6 is 11.3 Å². The normalized spacial score (nSPS) is 10.9. The van der Waals surface area contributed by atoms with Crippen LogP contribution in [0.25, 0.3) is 0 Å². The van der Waals surface area contributed by atoms with Crippen molar-refractivity contribution in [2.75, 3.05) is 18.9 Å². The summed E-state index contributed by atoms with van der Waals surface area (Å²) in [7, 11) is 2.15. The molecule has 0 spiro atoms. The van der Waals surface area contributed by atoms with E-state index in [4.69, 9.17) is 0 Å². The zero-order valence-electron chi connectivity index (χ0n) is 11.8. The Morgan fingerprint density at radius 1 is 1.32 bits per heavy atom. The lowest BCUT2D eigenvalue weighted by Crippen LogP contribution is -2.16. The van der Waals surface area contributed by atoms with Gasteiger partial charge in [-0.2, -0.15) is 0 Å². The zero-order valence-corrected chi connectivity index (χ0v) is 12.6. The van der Waals surface area contributed by atoms with Crippen LogP contribution in [0.3, 0.4) is 0 Å². The molecule has 0 saturated heterocycles. The average molecular weight is 275 g/mol. The van der Waals surface area contributed by atoms with Gasteiger partial charge in [-0.05, 0) is 26.5 Å². The predicted octanol–water partition coefficient (Wildman–Crippen LogP) is 3.52. The van der Waals surface area contributed by atoms with E-state index in [1.807, 2.05) is 6.20 Å². The Balaban J connectivity index is 1.91. The van der Waals surface area contributed by atoms with Gasteiger partial charge >= 0.3 is 0 Å². The molecule has 2 rings (SSSR count). The van der Waals surface area contributed by atoms with Crippen LogP contribution in [0, 0.1) is 6.92 Å². The summed E-state index contributed by atoms with van der Waals surface area (Å²) in [5.41, 5.74) is 2.68. The molecule has 0 unspecified atom stereocenters. The second-order valence-electron chi connectivity index (χ2n) is 4.82. The van der Waals surface area contributed by atoms with E-state index < -0.39 is 0 Å². The number of aromatic nitrogens is 1. The third-order valence-electron chi connectivity index (χ3n) is 2.84. The summed E-state index contributed by atoms with van der Waals surface area (Å²) in [6.07, 6.45) is 1.97. The highest BCUT2D eigenvalue weighted by atomic mass is 32.1. The summed E-state index contributed by atoms with van der Waals surface area (Å²) < 4.78 is 0. The molecule has 1 aromatic heterocycles. The molecule has 0 atom stereocenters. The molecule has 0 aliphatic heterocycles. The molecule has 4 heteroatoms. The van der Waals surface area contributed by atoms with E-state index in [0.29, 0.717) is 0 Å². The molecular formula is C15H21N3S. The van der Waals surface area contributed by atoms with Crippen LogP contribution in [0.1, 0.15) is 22.9 Å². The number of hydrogen-bond donors (Lipinski definition) is 1. The van der Waals surface area contributed by atoms with Crippen molar-refractivity contribution < 1.29 is 0 Å². The maximum absolute atomic E-state index is 4.36. The maximum Gasteiger partial charge on any atom is 0.182 e. The van der Waals surface area contributed by atoms with Crippen LogP contribution in [0.4, 0.5) is 5.13 Å². The molecule has 0 aliphatic carbocycles. The fourth-order valence-electron chi connectivity index (χ4n) is 2.06. The lowest BCUT2D eigenvalue weighted by molar-refractivity contribution is 0.321. The van der Waals surface area contributed by atoms with Crippen molar-refractivity contribution in [2.45, 2.75) is 26.9 Å². The number of thiazole rings is 1. The Hall–Kier alpha value is -1.39. The summed E-state index contributed by atoms with van der Waals surface area (Å²) in [4.78, 5) is 7.98. The van der Waals surface area contributed by atoms with Crippen LogP contribution in [0.5, 0.6) is 0 Å². The minimum absolute atomic E-state index is 0.923. The summed E-state index contributed by atoms with van der Waals surface area (Å²) in [5.74, 6) is 0. The van der Waals surface area contributed by atoms with Gasteiger partial charge < -0.3 is 5.32 Å². The zero-order chi connectivity index (χ0) is 13.7. The molecule has 2 aromatic rings. The van der Waals surface area contributed by atoms with Gasteiger partial charge in [0.2, 0.25) is 0 Å². The van der Waals surface area contributed by atoms with Crippen LogP contribution in [-0.4, -0.2) is 23.5 Å². The first-order valence-electron chi connectivity index (χ1n) is 6.60. The van der Waals surface area contributed by atoms with Crippen LogP contribution in [0.2, 0.25) is 0 Å². The first-order chi connectivity index (χ1) is 9.17. The smallest absolute Gasteiger partial charge is 0.182 e. The van der Waals surface area contributed by atoms with Gasteiger partial charge in [0.15, 0.2) is 5.13 Å². The fraction of sp³-hybridized carbons (Fsp3) is 0.400. The number of rotatable bonds is 6. The van der Waals surface area contributed by atoms with Gasteiger partial charge in [0.1, 0.15) is 0 Å². The molecule has 1 heterocycles. The van der Waals surface area contributed by atoms with Crippen LogP contribution in [0.15, 0.2) is 30.5 Å². The number of benzene rings is 1. The Morgan fingerprint density at radius 2 is 2.16 bits per heavy atom. The second-order valence-corrected chi connectivity index (χ2v) is 5.94. The monoisotopic (exact) mass is 275 g/mol. The molecule has 3 nitrogen and oxygen atoms in total. The number of hydrogen-bond acceptors (Lipinski definition) is 4. The minimum atomic E-state index is 0.923. The summed E-state index contributed by atoms with van der Waals surface area (Å²) in [5, 5.41) is 4.26. The molecule has 0 radical (unpaired) electrons. The molecular weight excluding hydrogens is 254 g/mol.